The van der Waals surface area contributed by atoms with Crippen LogP contribution in [0.2, 0.25) is 0 Å². The molecule has 6 nitrogen and oxygen atoms in total. The average molecular weight is 293 g/mol. The SMILES string of the molecule is CCCOc1cc(C)nc(N2CC(C)C(C(=O)OC)C2)n1. The van der Waals surface area contributed by atoms with E-state index in [1.54, 1.807) is 0 Å². The van der Waals surface area contributed by atoms with Crippen LogP contribution in [-0.4, -0.2) is 42.7 Å². The predicted octanol–water partition coefficient (Wildman–Crippen LogP) is 1.82. The van der Waals surface area contributed by atoms with Gasteiger partial charge in [-0.25, -0.2) is 4.98 Å². The fourth-order valence-electron chi connectivity index (χ4n) is 2.53. The van der Waals surface area contributed by atoms with E-state index in [2.05, 4.69) is 16.9 Å². The van der Waals surface area contributed by atoms with Crippen LogP contribution in [0.1, 0.15) is 26.0 Å². The lowest BCUT2D eigenvalue weighted by Crippen LogP contribution is -2.25. The second-order valence-corrected chi connectivity index (χ2v) is 5.51. The molecule has 2 atom stereocenters. The van der Waals surface area contributed by atoms with Crippen LogP contribution in [0, 0.1) is 18.8 Å². The van der Waals surface area contributed by atoms with Crippen molar-refractivity contribution in [3.8, 4) is 5.88 Å². The number of hydrogen-bond donors (Lipinski definition) is 0. The number of methoxy groups -OCH3 is 1. The number of hydrogen-bond acceptors (Lipinski definition) is 6. The number of carbonyl (C=O) groups excluding carboxylic acids is 1. The van der Waals surface area contributed by atoms with Crippen molar-refractivity contribution in [1.82, 2.24) is 9.97 Å². The first-order valence-corrected chi connectivity index (χ1v) is 7.36. The molecule has 0 aromatic carbocycles. The standard InChI is InChI=1S/C15H23N3O3/c1-5-6-21-13-7-11(3)16-15(17-13)18-8-10(2)12(9-18)14(19)20-4/h7,10,12H,5-6,8-9H2,1-4H3. The molecule has 116 valence electrons. The Morgan fingerprint density at radius 2 is 2.19 bits per heavy atom. The molecule has 0 saturated carbocycles. The van der Waals surface area contributed by atoms with Gasteiger partial charge in [-0.2, -0.15) is 4.98 Å². The van der Waals surface area contributed by atoms with Gasteiger partial charge in [-0.05, 0) is 19.3 Å². The number of aromatic nitrogens is 2. The molecule has 2 rings (SSSR count). The normalized spacial score (nSPS) is 21.4. The zero-order valence-electron chi connectivity index (χ0n) is 13.1. The molecule has 0 aliphatic carbocycles. The molecule has 1 fully saturated rings. The largest absolute Gasteiger partial charge is 0.478 e. The zero-order chi connectivity index (χ0) is 15.4. The molecular weight excluding hydrogens is 270 g/mol. The topological polar surface area (TPSA) is 64.5 Å². The molecule has 1 aliphatic rings. The summed E-state index contributed by atoms with van der Waals surface area (Å²) in [7, 11) is 1.43. The Hall–Kier alpha value is -1.85. The number of nitrogens with zero attached hydrogens (tertiary/aromatic N) is 3. The number of esters is 1. The summed E-state index contributed by atoms with van der Waals surface area (Å²) in [6.45, 7) is 7.99. The van der Waals surface area contributed by atoms with Crippen molar-refractivity contribution in [1.29, 1.82) is 0 Å². The van der Waals surface area contributed by atoms with Gasteiger partial charge in [-0.15, -0.1) is 0 Å². The van der Waals surface area contributed by atoms with Crippen molar-refractivity contribution in [3.05, 3.63) is 11.8 Å². The van der Waals surface area contributed by atoms with E-state index in [0.717, 1.165) is 18.7 Å². The Morgan fingerprint density at radius 3 is 2.86 bits per heavy atom. The molecule has 0 amide bonds. The monoisotopic (exact) mass is 293 g/mol. The zero-order valence-corrected chi connectivity index (χ0v) is 13.1. The summed E-state index contributed by atoms with van der Waals surface area (Å²) in [6.07, 6.45) is 0.934. The van der Waals surface area contributed by atoms with Gasteiger partial charge >= 0.3 is 5.97 Å². The molecular formula is C15H23N3O3. The summed E-state index contributed by atoms with van der Waals surface area (Å²) in [6, 6.07) is 1.83. The Morgan fingerprint density at radius 1 is 1.43 bits per heavy atom. The quantitative estimate of drug-likeness (QED) is 0.772. The third kappa shape index (κ3) is 3.62. The van der Waals surface area contributed by atoms with E-state index >= 15 is 0 Å². The van der Waals surface area contributed by atoms with E-state index in [4.69, 9.17) is 9.47 Å². The van der Waals surface area contributed by atoms with Crippen LogP contribution >= 0.6 is 0 Å². The fourth-order valence-corrected chi connectivity index (χ4v) is 2.53. The Labute approximate surface area is 125 Å². The van der Waals surface area contributed by atoms with E-state index in [0.29, 0.717) is 25.0 Å². The van der Waals surface area contributed by atoms with Crippen molar-refractivity contribution in [2.24, 2.45) is 11.8 Å². The van der Waals surface area contributed by atoms with Crippen molar-refractivity contribution in [2.75, 3.05) is 31.7 Å². The minimum atomic E-state index is -0.167. The van der Waals surface area contributed by atoms with E-state index in [9.17, 15) is 4.79 Å². The molecule has 0 bridgehead atoms. The number of ether oxygens (including phenoxy) is 2. The maximum atomic E-state index is 11.8. The van der Waals surface area contributed by atoms with Crippen LogP contribution in [0.5, 0.6) is 5.88 Å². The summed E-state index contributed by atoms with van der Waals surface area (Å²) in [5.41, 5.74) is 0.861. The predicted molar refractivity (Wildman–Crippen MR) is 79.4 cm³/mol. The molecule has 2 unspecified atom stereocenters. The maximum absolute atomic E-state index is 11.8. The van der Waals surface area contributed by atoms with Crippen LogP contribution in [0.4, 0.5) is 5.95 Å². The van der Waals surface area contributed by atoms with Gasteiger partial charge in [0.15, 0.2) is 0 Å². The third-order valence-electron chi connectivity index (χ3n) is 3.67. The first kappa shape index (κ1) is 15.5. The summed E-state index contributed by atoms with van der Waals surface area (Å²) in [5.74, 6) is 1.15. The van der Waals surface area contributed by atoms with Crippen LogP contribution in [0.15, 0.2) is 6.07 Å². The maximum Gasteiger partial charge on any atom is 0.310 e. The van der Waals surface area contributed by atoms with E-state index in [-0.39, 0.29) is 17.8 Å². The number of rotatable bonds is 5. The third-order valence-corrected chi connectivity index (χ3v) is 3.67. The summed E-state index contributed by atoms with van der Waals surface area (Å²) in [4.78, 5) is 22.7. The molecule has 1 aromatic heterocycles. The van der Waals surface area contributed by atoms with Crippen LogP contribution in [-0.2, 0) is 9.53 Å². The summed E-state index contributed by atoms with van der Waals surface area (Å²) < 4.78 is 10.4. The average Bonchev–Trinajstić information content (AvgIpc) is 2.86. The van der Waals surface area contributed by atoms with Gasteiger partial charge < -0.3 is 14.4 Å². The van der Waals surface area contributed by atoms with Crippen molar-refractivity contribution in [3.63, 3.8) is 0 Å². The van der Waals surface area contributed by atoms with Crippen molar-refractivity contribution < 1.29 is 14.3 Å². The lowest BCUT2D eigenvalue weighted by atomic mass is 9.99. The number of carbonyl (C=O) groups is 1. The highest BCUT2D eigenvalue weighted by molar-refractivity contribution is 5.74. The minimum absolute atomic E-state index is 0.126. The highest BCUT2D eigenvalue weighted by Gasteiger charge is 2.36. The van der Waals surface area contributed by atoms with Crippen LogP contribution < -0.4 is 9.64 Å². The number of anilines is 1. The first-order chi connectivity index (χ1) is 10.0. The van der Waals surface area contributed by atoms with Gasteiger partial charge in [0.1, 0.15) is 0 Å². The Balaban J connectivity index is 2.15. The smallest absolute Gasteiger partial charge is 0.310 e. The van der Waals surface area contributed by atoms with Gasteiger partial charge in [-0.1, -0.05) is 13.8 Å². The highest BCUT2D eigenvalue weighted by atomic mass is 16.5. The Kier molecular flexibility index (Phi) is 4.98. The Bertz CT molecular complexity index is 507. The number of aryl methyl sites for hydroxylation is 1. The fraction of sp³-hybridized carbons (Fsp3) is 0.667. The van der Waals surface area contributed by atoms with E-state index < -0.39 is 0 Å². The van der Waals surface area contributed by atoms with Gasteiger partial charge in [0.05, 0.1) is 19.6 Å². The first-order valence-electron chi connectivity index (χ1n) is 7.36. The lowest BCUT2D eigenvalue weighted by Gasteiger charge is -2.17. The van der Waals surface area contributed by atoms with Gasteiger partial charge in [0.25, 0.3) is 0 Å². The molecule has 1 aromatic rings. The molecule has 21 heavy (non-hydrogen) atoms. The molecule has 0 N–H and O–H groups in total. The van der Waals surface area contributed by atoms with E-state index in [1.807, 2.05) is 24.8 Å². The summed E-state index contributed by atoms with van der Waals surface area (Å²) >= 11 is 0. The molecule has 2 heterocycles. The molecule has 1 saturated heterocycles. The highest BCUT2D eigenvalue weighted by Crippen LogP contribution is 2.28. The molecule has 0 radical (unpaired) electrons. The van der Waals surface area contributed by atoms with Gasteiger partial charge in [0.2, 0.25) is 11.8 Å². The molecule has 6 heteroatoms. The second-order valence-electron chi connectivity index (χ2n) is 5.51. The van der Waals surface area contributed by atoms with Crippen LogP contribution in [0.3, 0.4) is 0 Å². The lowest BCUT2D eigenvalue weighted by molar-refractivity contribution is -0.145. The van der Waals surface area contributed by atoms with Gasteiger partial charge in [0, 0.05) is 24.8 Å². The molecule has 0 spiro atoms. The van der Waals surface area contributed by atoms with Crippen molar-refractivity contribution in [2.45, 2.75) is 27.2 Å². The van der Waals surface area contributed by atoms with Crippen molar-refractivity contribution >= 4 is 11.9 Å². The van der Waals surface area contributed by atoms with Crippen LogP contribution in [0.25, 0.3) is 0 Å². The summed E-state index contributed by atoms with van der Waals surface area (Å²) in [5, 5.41) is 0. The molecule has 1 aliphatic heterocycles. The second kappa shape index (κ2) is 6.74. The van der Waals surface area contributed by atoms with Gasteiger partial charge in [-0.3, -0.25) is 4.79 Å². The van der Waals surface area contributed by atoms with E-state index in [1.165, 1.54) is 7.11 Å². The minimum Gasteiger partial charge on any atom is -0.478 e.